The second kappa shape index (κ2) is 5.69. The van der Waals surface area contributed by atoms with Gasteiger partial charge in [-0.2, -0.15) is 5.26 Å². The molecule has 0 amide bonds. The van der Waals surface area contributed by atoms with Gasteiger partial charge in [0.15, 0.2) is 0 Å². The van der Waals surface area contributed by atoms with Gasteiger partial charge in [0.25, 0.3) is 5.69 Å². The van der Waals surface area contributed by atoms with Gasteiger partial charge in [0.05, 0.1) is 10.4 Å². The van der Waals surface area contributed by atoms with E-state index in [1.54, 1.807) is 12.1 Å². The third-order valence-corrected chi connectivity index (χ3v) is 4.18. The molecule has 118 valence electrons. The predicted octanol–water partition coefficient (Wildman–Crippen LogP) is 4.83. The van der Waals surface area contributed by atoms with Crippen molar-refractivity contribution in [3.8, 4) is 17.2 Å². The molecule has 5 nitrogen and oxygen atoms in total. The SMILES string of the molecule is N#Cc1ccc2cc([N+](=O)[O-])cc(-c3cccc4ccccc34)c2n1. The smallest absolute Gasteiger partial charge is 0.258 e. The number of non-ortho nitro benzene ring substituents is 1. The number of pyridine rings is 1. The third-order valence-electron chi connectivity index (χ3n) is 4.18. The van der Waals surface area contributed by atoms with Gasteiger partial charge in [-0.05, 0) is 28.5 Å². The van der Waals surface area contributed by atoms with Crippen LogP contribution in [0.3, 0.4) is 0 Å². The summed E-state index contributed by atoms with van der Waals surface area (Å²) >= 11 is 0. The highest BCUT2D eigenvalue weighted by molar-refractivity contribution is 6.05. The zero-order valence-corrected chi connectivity index (χ0v) is 13.0. The Hall–Kier alpha value is -3.78. The van der Waals surface area contributed by atoms with Gasteiger partial charge in [0, 0.05) is 23.1 Å². The summed E-state index contributed by atoms with van der Waals surface area (Å²) in [4.78, 5) is 15.3. The van der Waals surface area contributed by atoms with E-state index in [1.165, 1.54) is 12.1 Å². The second-order valence-electron chi connectivity index (χ2n) is 5.66. The van der Waals surface area contributed by atoms with Gasteiger partial charge in [0.2, 0.25) is 0 Å². The third kappa shape index (κ3) is 2.46. The van der Waals surface area contributed by atoms with Crippen LogP contribution in [0.1, 0.15) is 5.69 Å². The van der Waals surface area contributed by atoms with Gasteiger partial charge in [-0.25, -0.2) is 4.98 Å². The lowest BCUT2D eigenvalue weighted by atomic mass is 9.95. The van der Waals surface area contributed by atoms with Crippen LogP contribution in [-0.4, -0.2) is 9.91 Å². The molecule has 4 rings (SSSR count). The molecule has 0 atom stereocenters. The van der Waals surface area contributed by atoms with Crippen LogP contribution in [0.15, 0.2) is 66.7 Å². The van der Waals surface area contributed by atoms with E-state index in [0.29, 0.717) is 16.5 Å². The number of benzene rings is 3. The van der Waals surface area contributed by atoms with Gasteiger partial charge < -0.3 is 0 Å². The Balaban J connectivity index is 2.15. The number of hydrogen-bond donors (Lipinski definition) is 0. The van der Waals surface area contributed by atoms with Crippen molar-refractivity contribution in [1.29, 1.82) is 5.26 Å². The van der Waals surface area contributed by atoms with Gasteiger partial charge in [-0.15, -0.1) is 0 Å². The largest absolute Gasteiger partial charge is 0.270 e. The molecule has 0 unspecified atom stereocenters. The minimum atomic E-state index is -0.410. The van der Waals surface area contributed by atoms with E-state index in [-0.39, 0.29) is 11.4 Å². The van der Waals surface area contributed by atoms with Crippen LogP contribution in [0.5, 0.6) is 0 Å². The Morgan fingerprint density at radius 3 is 2.52 bits per heavy atom. The summed E-state index contributed by atoms with van der Waals surface area (Å²) < 4.78 is 0. The molecule has 0 bridgehead atoms. The summed E-state index contributed by atoms with van der Waals surface area (Å²) in [5, 5.41) is 23.2. The maximum Gasteiger partial charge on any atom is 0.270 e. The lowest BCUT2D eigenvalue weighted by Crippen LogP contribution is -1.94. The van der Waals surface area contributed by atoms with Gasteiger partial charge in [0.1, 0.15) is 11.8 Å². The molecule has 0 aliphatic heterocycles. The van der Waals surface area contributed by atoms with E-state index < -0.39 is 4.92 Å². The van der Waals surface area contributed by atoms with Crippen molar-refractivity contribution in [1.82, 2.24) is 4.98 Å². The van der Waals surface area contributed by atoms with E-state index in [1.807, 2.05) is 48.5 Å². The van der Waals surface area contributed by atoms with Crippen LogP contribution in [0.2, 0.25) is 0 Å². The molecule has 0 radical (unpaired) electrons. The summed E-state index contributed by atoms with van der Waals surface area (Å²) in [6.07, 6.45) is 0. The fraction of sp³-hybridized carbons (Fsp3) is 0. The highest BCUT2D eigenvalue weighted by atomic mass is 16.6. The number of hydrogen-bond acceptors (Lipinski definition) is 4. The number of fused-ring (bicyclic) bond motifs is 2. The fourth-order valence-electron chi connectivity index (χ4n) is 3.05. The minimum absolute atomic E-state index is 0.00180. The molecule has 3 aromatic carbocycles. The second-order valence-corrected chi connectivity index (χ2v) is 5.66. The normalized spacial score (nSPS) is 10.7. The van der Waals surface area contributed by atoms with Crippen molar-refractivity contribution >= 4 is 27.4 Å². The Morgan fingerprint density at radius 1 is 0.920 bits per heavy atom. The van der Waals surface area contributed by atoms with Crippen LogP contribution in [0, 0.1) is 21.4 Å². The Kier molecular flexibility index (Phi) is 3.37. The van der Waals surface area contributed by atoms with E-state index in [0.717, 1.165) is 16.3 Å². The zero-order chi connectivity index (χ0) is 17.4. The average molecular weight is 325 g/mol. The number of nitriles is 1. The number of nitro benzene ring substituents is 1. The van der Waals surface area contributed by atoms with Crippen molar-refractivity contribution in [3.63, 3.8) is 0 Å². The molecular weight excluding hydrogens is 314 g/mol. The van der Waals surface area contributed by atoms with Crippen LogP contribution in [0.4, 0.5) is 5.69 Å². The first-order chi connectivity index (χ1) is 12.2. The van der Waals surface area contributed by atoms with Crippen LogP contribution in [0.25, 0.3) is 32.8 Å². The van der Waals surface area contributed by atoms with Gasteiger partial charge in [-0.1, -0.05) is 42.5 Å². The highest BCUT2D eigenvalue weighted by Crippen LogP contribution is 2.36. The molecule has 0 fully saturated rings. The molecule has 0 spiro atoms. The topological polar surface area (TPSA) is 79.8 Å². The number of nitro groups is 1. The van der Waals surface area contributed by atoms with Crippen molar-refractivity contribution in [3.05, 3.63) is 82.5 Å². The van der Waals surface area contributed by atoms with Gasteiger partial charge >= 0.3 is 0 Å². The monoisotopic (exact) mass is 325 g/mol. The van der Waals surface area contributed by atoms with E-state index in [9.17, 15) is 10.1 Å². The van der Waals surface area contributed by atoms with E-state index >= 15 is 0 Å². The average Bonchev–Trinajstić information content (AvgIpc) is 2.66. The Labute approximate surface area is 142 Å². The molecule has 0 saturated carbocycles. The molecule has 0 aliphatic carbocycles. The Bertz CT molecular complexity index is 1190. The number of nitrogens with zero attached hydrogens (tertiary/aromatic N) is 3. The molecule has 0 N–H and O–H groups in total. The summed E-state index contributed by atoms with van der Waals surface area (Å²) in [6, 6.07) is 22.0. The van der Waals surface area contributed by atoms with Crippen molar-refractivity contribution in [2.45, 2.75) is 0 Å². The fourth-order valence-corrected chi connectivity index (χ4v) is 3.05. The molecule has 5 heteroatoms. The quantitative estimate of drug-likeness (QED) is 0.390. The van der Waals surface area contributed by atoms with Crippen LogP contribution in [-0.2, 0) is 0 Å². The lowest BCUT2D eigenvalue weighted by Gasteiger charge is -2.10. The van der Waals surface area contributed by atoms with Crippen molar-refractivity contribution in [2.24, 2.45) is 0 Å². The number of rotatable bonds is 2. The summed E-state index contributed by atoms with van der Waals surface area (Å²) in [5.41, 5.74) is 2.37. The first-order valence-electron chi connectivity index (χ1n) is 7.65. The first kappa shape index (κ1) is 14.8. The maximum atomic E-state index is 11.3. The summed E-state index contributed by atoms with van der Waals surface area (Å²) in [5.74, 6) is 0. The van der Waals surface area contributed by atoms with Crippen molar-refractivity contribution in [2.75, 3.05) is 0 Å². The predicted molar refractivity (Wildman–Crippen MR) is 96.1 cm³/mol. The van der Waals surface area contributed by atoms with Crippen LogP contribution < -0.4 is 0 Å². The van der Waals surface area contributed by atoms with E-state index in [2.05, 4.69) is 4.98 Å². The Morgan fingerprint density at radius 2 is 1.72 bits per heavy atom. The first-order valence-corrected chi connectivity index (χ1v) is 7.65. The molecular formula is C20H11N3O2. The molecule has 0 aliphatic rings. The van der Waals surface area contributed by atoms with Gasteiger partial charge in [-0.3, -0.25) is 10.1 Å². The number of aromatic nitrogens is 1. The maximum absolute atomic E-state index is 11.3. The molecule has 1 aromatic heterocycles. The summed E-state index contributed by atoms with van der Waals surface area (Å²) in [6.45, 7) is 0. The molecule has 0 saturated heterocycles. The lowest BCUT2D eigenvalue weighted by molar-refractivity contribution is -0.384. The molecule has 4 aromatic rings. The molecule has 1 heterocycles. The summed E-state index contributed by atoms with van der Waals surface area (Å²) in [7, 11) is 0. The van der Waals surface area contributed by atoms with Crippen molar-refractivity contribution < 1.29 is 4.92 Å². The standard InChI is InChI=1S/C20H11N3O2/c21-12-15-9-8-14-10-16(23(24)25)11-19(20(14)22-15)18-7-3-5-13-4-1-2-6-17(13)18/h1-11H. The minimum Gasteiger partial charge on any atom is -0.258 e. The zero-order valence-electron chi connectivity index (χ0n) is 13.0. The molecule has 25 heavy (non-hydrogen) atoms. The highest BCUT2D eigenvalue weighted by Gasteiger charge is 2.16. The van der Waals surface area contributed by atoms with E-state index in [4.69, 9.17) is 5.26 Å². The van der Waals surface area contributed by atoms with Crippen LogP contribution >= 0.6 is 0 Å².